The second kappa shape index (κ2) is 161. The molecule has 0 aromatic heterocycles. The Hall–Kier alpha value is 14.5. The molecule has 1 aliphatic heterocycles. The van der Waals surface area contributed by atoms with Crippen molar-refractivity contribution in [3.05, 3.63) is 245 Å². The van der Waals surface area contributed by atoms with Crippen molar-refractivity contribution in [2.75, 3.05) is 0 Å². The molecule has 3 nitrogen and oxygen atoms in total. The maximum Gasteiger partial charge on any atom is 0.167 e. The van der Waals surface area contributed by atoms with E-state index >= 15 is 0 Å². The van der Waals surface area contributed by atoms with E-state index in [0.29, 0.717) is 19.3 Å². The average Bonchev–Trinajstić information content (AvgIpc) is 3.44. The molecule has 1 aliphatic rings. The summed E-state index contributed by atoms with van der Waals surface area (Å²) in [6.07, 6.45) is 11.7. The molecule has 0 atom stereocenters. The zero-order valence-electron chi connectivity index (χ0n) is 63.7. The second-order valence-corrected chi connectivity index (χ2v) is 19.5. The number of hydrogen-bond acceptors (Lipinski definition) is 3. The fraction of sp³-hybridized carbons (Fsp3) is 0.419. The van der Waals surface area contributed by atoms with Crippen LogP contribution in [0.15, 0.2) is 182 Å². The molecule has 1 saturated heterocycles. The van der Waals surface area contributed by atoms with Gasteiger partial charge in [-0.05, 0) is 16.7 Å². The molecule has 0 bridgehead atoms. The van der Waals surface area contributed by atoms with Gasteiger partial charge in [-0.15, -0.1) is 0 Å². The van der Waals surface area contributed by atoms with E-state index < -0.39 is 0 Å². The summed E-state index contributed by atoms with van der Waals surface area (Å²) in [5.41, 5.74) is 7.65. The Balaban J connectivity index is -0.0000000276. The van der Waals surface area contributed by atoms with Crippen molar-refractivity contribution in [3.63, 3.8) is 0 Å². The Morgan fingerprint density at radius 3 is 0.438 bits per heavy atom. The van der Waals surface area contributed by atoms with E-state index in [1.54, 1.807) is 0 Å². The molecular formula is C74H117O3W3Y16-7. The van der Waals surface area contributed by atoms with Crippen LogP contribution >= 0.6 is 0 Å². The van der Waals surface area contributed by atoms with Gasteiger partial charge >= 0.3 is 198 Å². The summed E-state index contributed by atoms with van der Waals surface area (Å²) in [4.78, 5) is 0. The van der Waals surface area contributed by atoms with Crippen molar-refractivity contribution in [3.8, 4) is 0 Å². The molecule has 0 spiro atoms. The van der Waals surface area contributed by atoms with Crippen LogP contribution in [0.4, 0.5) is 0 Å². The van der Waals surface area contributed by atoms with Gasteiger partial charge in [0.25, 0.3) is 0 Å². The predicted molar refractivity (Wildman–Crippen MR) is 355 cm³/mol. The average molecular weight is 3030 g/mol. The topological polar surface area (TPSA) is 27.7 Å². The van der Waals surface area contributed by atoms with Gasteiger partial charge in [0.15, 0.2) is 18.9 Å². The molecule has 7 rings (SSSR count). The van der Waals surface area contributed by atoms with Gasteiger partial charge in [0, 0.05) is 543 Å². The summed E-state index contributed by atoms with van der Waals surface area (Å²) in [6, 6.07) is 62.1. The van der Waals surface area contributed by atoms with Crippen LogP contribution in [-0.4, -0.2) is 32.1 Å². The van der Waals surface area contributed by atoms with E-state index in [9.17, 15) is 0 Å². The minimum atomic E-state index is -0.316. The molecule has 96 heavy (non-hydrogen) atoms. The second-order valence-electron chi connectivity index (χ2n) is 16.4. The normalized spacial score (nSPS) is 10.1. The van der Waals surface area contributed by atoms with Crippen molar-refractivity contribution in [2.24, 2.45) is 0 Å². The Labute approximate surface area is 1030 Å². The summed E-state index contributed by atoms with van der Waals surface area (Å²) in [7, 11) is 0. The van der Waals surface area contributed by atoms with Crippen LogP contribution in [0.25, 0.3) is 0 Å². The first-order valence-corrected chi connectivity index (χ1v) is 32.8. The van der Waals surface area contributed by atoms with Gasteiger partial charge in [-0.3, -0.25) is 0 Å². The maximum atomic E-state index is 6.12. The van der Waals surface area contributed by atoms with Gasteiger partial charge < -0.3 is 43.9 Å². The third kappa shape index (κ3) is 138. The third-order valence-corrected chi connectivity index (χ3v) is 9.56. The minimum absolute atomic E-state index is 0. The van der Waals surface area contributed by atoms with Crippen LogP contribution in [0.3, 0.4) is 0 Å². The molecule has 0 saturated carbocycles. The van der Waals surface area contributed by atoms with Crippen molar-refractivity contribution >= 4 is 13.2 Å². The van der Waals surface area contributed by atoms with E-state index in [2.05, 4.69) is 205 Å². The zero-order valence-corrected chi connectivity index (χ0v) is 118. The standard InChI is InChI=1S/C24H24O3.3C8H7.6C3H8.2C2H6.4CH3.3W.16Y/c1-4-10-19(11-5-1)16-22-25-23(17-20-12-6-2-7-13-20)27-24(26-22)18-21-14-8-3-9-15-21;3*1-2-8-6-4-3-5-7-8;6*1-3-2;2*1-2;;;;;;;;;;;;;;;;;;;;;;;/h1-15,22-24H,16-18H2;3*3-7H,2H2;6*3H2,1-2H3;2*1-2H3;4*1H3;;;;;;;;;;;;;;;;;;;/q;3*-1;;;;;;;;;4*-1;;;;;;;;;;;;;;;;;;;. The molecule has 0 amide bonds. The summed E-state index contributed by atoms with van der Waals surface area (Å²) in [5.74, 6) is 0. The number of benzene rings is 6. The maximum absolute atomic E-state index is 6.12. The summed E-state index contributed by atoms with van der Waals surface area (Å²) in [6.45, 7) is 33.5. The monoisotopic (exact) mass is 3030 g/mol. The van der Waals surface area contributed by atoms with E-state index in [1.807, 2.05) is 100 Å². The molecular weight excluding hydrogens is 2910 g/mol. The van der Waals surface area contributed by atoms with Crippen LogP contribution in [0.5, 0.6) is 0 Å². The summed E-state index contributed by atoms with van der Waals surface area (Å²) < 4.78 is 27.9. The van der Waals surface area contributed by atoms with Gasteiger partial charge in [0.1, 0.15) is 0 Å². The molecule has 6 aromatic carbocycles. The Morgan fingerprint density at radius 1 is 0.229 bits per heavy atom. The Bertz CT molecular complexity index is 1770. The van der Waals surface area contributed by atoms with Crippen molar-refractivity contribution in [2.45, 2.75) is 207 Å². The van der Waals surface area contributed by atoms with E-state index in [0.717, 1.165) is 19.3 Å². The molecule has 0 aliphatic carbocycles. The van der Waals surface area contributed by atoms with Gasteiger partial charge in [0.2, 0.25) is 0 Å². The molecule has 1 heterocycles. The number of hydrogen-bond donors (Lipinski definition) is 0. The molecule has 6 aromatic rings. The van der Waals surface area contributed by atoms with Crippen LogP contribution in [0, 0.1) is 29.7 Å². The molecule has 1 fully saturated rings. The Morgan fingerprint density at radius 2 is 0.333 bits per heavy atom. The third-order valence-electron chi connectivity index (χ3n) is 8.00. The van der Waals surface area contributed by atoms with E-state index in [1.165, 1.54) is 130 Å². The van der Waals surface area contributed by atoms with Gasteiger partial charge in [0.05, 0.1) is 0 Å². The van der Waals surface area contributed by atoms with Gasteiger partial charge in [-0.2, -0.15) is 0 Å². The van der Waals surface area contributed by atoms with E-state index in [4.69, 9.17) is 14.2 Å². The van der Waals surface area contributed by atoms with Crippen molar-refractivity contribution < 1.29 is 596 Å². The first-order chi connectivity index (χ1) is 37.1. The fourth-order valence-electron chi connectivity index (χ4n) is 5.35. The molecule has 16 radical (unpaired) electrons. The van der Waals surface area contributed by atoms with E-state index in [-0.39, 0.29) is 572 Å². The summed E-state index contributed by atoms with van der Waals surface area (Å²) >= 11 is 4.27. The van der Waals surface area contributed by atoms with Gasteiger partial charge in [-0.25, -0.2) is 0 Å². The Kier molecular flexibility index (Phi) is 304. The van der Waals surface area contributed by atoms with Crippen molar-refractivity contribution in [1.29, 1.82) is 0 Å². The first kappa shape index (κ1) is 181. The molecule has 22 heteroatoms. The van der Waals surface area contributed by atoms with Crippen LogP contribution < -0.4 is 0 Å². The first-order valence-electron chi connectivity index (χ1n) is 28.4. The van der Waals surface area contributed by atoms with Crippen molar-refractivity contribution in [1.82, 2.24) is 0 Å². The zero-order chi connectivity index (χ0) is 58.1. The number of rotatable bonds is 12. The van der Waals surface area contributed by atoms with Crippen LogP contribution in [0.2, 0.25) is 0 Å². The van der Waals surface area contributed by atoms with Gasteiger partial charge in [-0.1, -0.05) is 240 Å². The summed E-state index contributed by atoms with van der Waals surface area (Å²) in [5, 5.41) is 0. The SMILES string of the molecule is CC.CC.CCC.CCC.CCC.CCC.CCC.CCC.[CH3-].[CH3-].[CH3-].[CH3-].[W]=[C-]Cc1ccccc1.[W]=[C-]Cc1ccccc1.[W]=[C-]Cc1ccccc1.[Y].[Y].[Y].[Y].[Y].[Y].[Y].[Y].[Y].[Y].[Y].[Y].[Y].[Y].[Y].[Y].c1ccc(CC2OC(Cc3ccccc3)OC(Cc3ccccc3)O2)cc1. The smallest absolute Gasteiger partial charge is 0.167 e. The van der Waals surface area contributed by atoms with Crippen LogP contribution in [-0.2, 0) is 634 Å². The minimum Gasteiger partial charge on any atom is -0.323 e. The predicted octanol–water partition coefficient (Wildman–Crippen LogP) is 21.4. The molecule has 0 unspecified atom stereocenters. The molecule has 0 N–H and O–H groups in total. The fourth-order valence-corrected chi connectivity index (χ4v) is 7.15. The number of ether oxygens (including phenoxy) is 3. The van der Waals surface area contributed by atoms with Crippen LogP contribution in [0.1, 0.15) is 183 Å². The largest absolute Gasteiger partial charge is 0.323 e. The molecule has 504 valence electrons. The quantitative estimate of drug-likeness (QED) is 0.114.